The molecule has 0 radical (unpaired) electrons. The predicted octanol–water partition coefficient (Wildman–Crippen LogP) is 3.69. The van der Waals surface area contributed by atoms with E-state index in [1.807, 2.05) is 30.6 Å². The van der Waals surface area contributed by atoms with Crippen LogP contribution in [0.1, 0.15) is 51.4 Å². The van der Waals surface area contributed by atoms with Gasteiger partial charge in [0.05, 0.1) is 11.0 Å². The highest BCUT2D eigenvalue weighted by Crippen LogP contribution is 2.64. The molecule has 4 bridgehead atoms. The molecule has 5 fully saturated rings. The Balaban J connectivity index is 1.15. The number of hydrogen-bond donors (Lipinski definition) is 1. The molecule has 2 aromatic rings. The fraction of sp³-hybridized carbons (Fsp3) is 0.640. The minimum absolute atomic E-state index is 0.0380. The average Bonchev–Trinajstić information content (AvgIpc) is 3.32. The second-order valence-electron chi connectivity index (χ2n) is 10.9. The maximum absolute atomic E-state index is 13.6. The Bertz CT molecular complexity index is 951. The largest absolute Gasteiger partial charge is 0.490 e. The number of aromatic nitrogens is 3. The maximum Gasteiger partial charge on any atom is 0.230 e. The van der Waals surface area contributed by atoms with E-state index in [4.69, 9.17) is 4.74 Å². The van der Waals surface area contributed by atoms with Crippen LogP contribution in [0.5, 0.6) is 5.75 Å². The summed E-state index contributed by atoms with van der Waals surface area (Å²) < 4.78 is 8.22. The van der Waals surface area contributed by atoms with Crippen LogP contribution in [-0.4, -0.2) is 51.8 Å². The van der Waals surface area contributed by atoms with Crippen LogP contribution < -0.4 is 10.1 Å². The molecular weight excluding hydrogens is 402 g/mol. The number of piperidine rings is 1. The smallest absolute Gasteiger partial charge is 0.230 e. The van der Waals surface area contributed by atoms with Crippen molar-refractivity contribution in [2.45, 2.75) is 63.0 Å². The number of ether oxygens (including phenoxy) is 1. The van der Waals surface area contributed by atoms with Gasteiger partial charge in [-0.15, -0.1) is 0 Å². The highest BCUT2D eigenvalue weighted by Gasteiger charge is 2.61. The number of carbonyl (C=O) groups excluding carboxylic acids is 1. The number of rotatable bonds is 5. The molecular formula is C25H33N5O2. The van der Waals surface area contributed by atoms with E-state index in [1.165, 1.54) is 6.42 Å². The third-order valence-corrected chi connectivity index (χ3v) is 8.50. The fourth-order valence-corrected chi connectivity index (χ4v) is 7.38. The van der Waals surface area contributed by atoms with Gasteiger partial charge >= 0.3 is 0 Å². The molecule has 1 aromatic heterocycles. The lowest BCUT2D eigenvalue weighted by Crippen LogP contribution is -2.60. The molecule has 5 aliphatic rings. The third kappa shape index (κ3) is 3.51. The number of anilines is 1. The summed E-state index contributed by atoms with van der Waals surface area (Å²) >= 11 is 0. The molecule has 2 atom stereocenters. The number of benzene rings is 1. The molecule has 7 heteroatoms. The van der Waals surface area contributed by atoms with Crippen molar-refractivity contribution in [3.8, 4) is 5.75 Å². The van der Waals surface area contributed by atoms with Crippen LogP contribution in [0.3, 0.4) is 0 Å². The zero-order valence-electron chi connectivity index (χ0n) is 18.9. The van der Waals surface area contributed by atoms with Crippen LogP contribution in [0.25, 0.3) is 0 Å². The minimum atomic E-state index is -0.292. The predicted molar refractivity (Wildman–Crippen MR) is 121 cm³/mol. The summed E-state index contributed by atoms with van der Waals surface area (Å²) in [4.78, 5) is 20.2. The Labute approximate surface area is 189 Å². The summed E-state index contributed by atoms with van der Waals surface area (Å²) in [6, 6.07) is 7.95. The fourth-order valence-electron chi connectivity index (χ4n) is 7.38. The standard InChI is InChI=1S/C25H33N5O2/c1-29-8-6-22(7-9-29)32-21-4-2-20(3-5-21)28-23(31)24-11-18-10-19(12-24)14-25(13-18,15-24)30-17-26-16-27-30/h2-5,16-19,22H,6-15H2,1H3,(H,28,31). The van der Waals surface area contributed by atoms with E-state index in [0.717, 1.165) is 69.5 Å². The summed E-state index contributed by atoms with van der Waals surface area (Å²) in [6.07, 6.45) is 12.3. The first-order valence-corrected chi connectivity index (χ1v) is 12.1. The molecule has 1 saturated heterocycles. The molecule has 7 nitrogen and oxygen atoms in total. The number of amides is 1. The van der Waals surface area contributed by atoms with Crippen molar-refractivity contribution in [2.24, 2.45) is 17.3 Å². The van der Waals surface area contributed by atoms with E-state index in [9.17, 15) is 4.79 Å². The molecule has 1 aromatic carbocycles. The van der Waals surface area contributed by atoms with Crippen molar-refractivity contribution in [3.05, 3.63) is 36.9 Å². The maximum atomic E-state index is 13.6. The first-order chi connectivity index (χ1) is 15.5. The van der Waals surface area contributed by atoms with Crippen LogP contribution in [0.4, 0.5) is 5.69 Å². The van der Waals surface area contributed by atoms with Gasteiger partial charge in [-0.1, -0.05) is 0 Å². The van der Waals surface area contributed by atoms with Crippen LogP contribution in [0, 0.1) is 17.3 Å². The topological polar surface area (TPSA) is 72.3 Å². The average molecular weight is 436 g/mol. The van der Waals surface area contributed by atoms with Crippen molar-refractivity contribution in [2.75, 3.05) is 25.5 Å². The van der Waals surface area contributed by atoms with Gasteiger partial charge in [0.1, 0.15) is 24.5 Å². The molecule has 170 valence electrons. The number of nitrogens with zero attached hydrogens (tertiary/aromatic N) is 4. The van der Waals surface area contributed by atoms with Crippen LogP contribution in [0.2, 0.25) is 0 Å². The van der Waals surface area contributed by atoms with Gasteiger partial charge in [-0.05, 0) is 94.5 Å². The van der Waals surface area contributed by atoms with E-state index in [0.29, 0.717) is 11.8 Å². The summed E-state index contributed by atoms with van der Waals surface area (Å²) in [5.41, 5.74) is 0.527. The molecule has 1 N–H and O–H groups in total. The van der Waals surface area contributed by atoms with Crippen molar-refractivity contribution < 1.29 is 9.53 Å². The summed E-state index contributed by atoms with van der Waals surface area (Å²) in [5.74, 6) is 2.28. The molecule has 1 amide bonds. The first kappa shape index (κ1) is 20.2. The van der Waals surface area contributed by atoms with Crippen LogP contribution >= 0.6 is 0 Å². The van der Waals surface area contributed by atoms with Gasteiger partial charge in [0.2, 0.25) is 5.91 Å². The Morgan fingerprint density at radius 1 is 1.09 bits per heavy atom. The Morgan fingerprint density at radius 3 is 2.47 bits per heavy atom. The molecule has 1 aliphatic heterocycles. The SMILES string of the molecule is CN1CCC(Oc2ccc(NC(=O)C34CC5CC(C3)CC(n3cncn3)(C5)C4)cc2)CC1. The molecule has 0 spiro atoms. The molecule has 2 heterocycles. The highest BCUT2D eigenvalue weighted by molar-refractivity contribution is 5.95. The van der Waals surface area contributed by atoms with Gasteiger partial charge in [-0.25, -0.2) is 9.67 Å². The number of carbonyl (C=O) groups is 1. The summed E-state index contributed by atoms with van der Waals surface area (Å²) in [7, 11) is 2.16. The van der Waals surface area contributed by atoms with E-state index >= 15 is 0 Å². The van der Waals surface area contributed by atoms with E-state index in [2.05, 4.69) is 32.0 Å². The molecule has 4 saturated carbocycles. The van der Waals surface area contributed by atoms with Crippen molar-refractivity contribution >= 4 is 11.6 Å². The van der Waals surface area contributed by atoms with Gasteiger partial charge in [0.25, 0.3) is 0 Å². The van der Waals surface area contributed by atoms with E-state index in [-0.39, 0.29) is 23.0 Å². The lowest BCUT2D eigenvalue weighted by atomic mass is 9.46. The molecule has 7 rings (SSSR count). The van der Waals surface area contributed by atoms with Gasteiger partial charge in [0.15, 0.2) is 0 Å². The number of hydrogen-bond acceptors (Lipinski definition) is 5. The Kier molecular flexibility index (Phi) is 4.79. The molecule has 2 unspecified atom stereocenters. The monoisotopic (exact) mass is 435 g/mol. The minimum Gasteiger partial charge on any atom is -0.490 e. The van der Waals surface area contributed by atoms with Gasteiger partial charge in [-0.2, -0.15) is 5.10 Å². The quantitative estimate of drug-likeness (QED) is 0.776. The van der Waals surface area contributed by atoms with Gasteiger partial charge in [0, 0.05) is 18.8 Å². The molecule has 32 heavy (non-hydrogen) atoms. The summed E-state index contributed by atoms with van der Waals surface area (Å²) in [5, 5.41) is 7.75. The van der Waals surface area contributed by atoms with Crippen LogP contribution in [0.15, 0.2) is 36.9 Å². The lowest BCUT2D eigenvalue weighted by Gasteiger charge is -2.60. The van der Waals surface area contributed by atoms with Crippen molar-refractivity contribution in [1.82, 2.24) is 19.7 Å². The number of nitrogens with one attached hydrogen (secondary N) is 1. The van der Waals surface area contributed by atoms with Crippen molar-refractivity contribution in [1.29, 1.82) is 0 Å². The van der Waals surface area contributed by atoms with E-state index in [1.54, 1.807) is 6.33 Å². The zero-order chi connectivity index (χ0) is 21.8. The molecule has 4 aliphatic carbocycles. The Hall–Kier alpha value is -2.41. The first-order valence-electron chi connectivity index (χ1n) is 12.1. The zero-order valence-corrected chi connectivity index (χ0v) is 18.9. The highest BCUT2D eigenvalue weighted by atomic mass is 16.5. The van der Waals surface area contributed by atoms with Crippen LogP contribution in [-0.2, 0) is 10.3 Å². The normalized spacial score (nSPS) is 34.5. The van der Waals surface area contributed by atoms with Gasteiger partial charge in [-0.3, -0.25) is 4.79 Å². The van der Waals surface area contributed by atoms with Crippen molar-refractivity contribution in [3.63, 3.8) is 0 Å². The third-order valence-electron chi connectivity index (χ3n) is 8.50. The van der Waals surface area contributed by atoms with E-state index < -0.39 is 0 Å². The lowest BCUT2D eigenvalue weighted by molar-refractivity contribution is -0.150. The summed E-state index contributed by atoms with van der Waals surface area (Å²) in [6.45, 7) is 2.16. The Morgan fingerprint density at radius 2 is 1.81 bits per heavy atom. The van der Waals surface area contributed by atoms with Gasteiger partial charge < -0.3 is 15.0 Å². The number of likely N-dealkylation sites (tertiary alicyclic amines) is 1. The second-order valence-corrected chi connectivity index (χ2v) is 10.9. The second kappa shape index (κ2) is 7.58.